The van der Waals surface area contributed by atoms with E-state index >= 15 is 0 Å². The van der Waals surface area contributed by atoms with E-state index in [0.717, 1.165) is 24.6 Å². The van der Waals surface area contributed by atoms with Gasteiger partial charge >= 0.3 is 6.18 Å². The Bertz CT molecular complexity index is 412. The highest BCUT2D eigenvalue weighted by atomic mass is 19.4. The molecule has 0 aromatic heterocycles. The molecule has 1 rings (SSSR count). The summed E-state index contributed by atoms with van der Waals surface area (Å²) in [5, 5.41) is 10.1. The number of anilines is 2. The number of nitrogens with zero attached hydrogens (tertiary/aromatic N) is 1. The molecule has 0 aliphatic heterocycles. The highest BCUT2D eigenvalue weighted by molar-refractivity contribution is 6.14. The molecule has 16 heavy (non-hydrogen) atoms. The third kappa shape index (κ3) is 3.26. The van der Waals surface area contributed by atoms with E-state index in [9.17, 15) is 13.2 Å². The molecular formula is C9H9F3N4. The predicted octanol–water partition coefficient (Wildman–Crippen LogP) is 2.33. The number of benzene rings is 1. The Labute approximate surface area is 89.5 Å². The Morgan fingerprint density at radius 2 is 2.00 bits per heavy atom. The number of hydrazone groups is 1. The summed E-state index contributed by atoms with van der Waals surface area (Å²) in [6, 6.07) is 3.04. The molecule has 0 atom stereocenters. The van der Waals surface area contributed by atoms with E-state index in [4.69, 9.17) is 11.1 Å². The maximum Gasteiger partial charge on any atom is 0.416 e. The minimum absolute atomic E-state index is 0.0117. The Kier molecular flexibility index (Phi) is 3.49. The van der Waals surface area contributed by atoms with Crippen molar-refractivity contribution in [2.24, 2.45) is 5.10 Å². The first kappa shape index (κ1) is 12.0. The second-order valence-corrected chi connectivity index (χ2v) is 2.90. The van der Waals surface area contributed by atoms with Crippen LogP contribution in [0.25, 0.3) is 0 Å². The first-order chi connectivity index (χ1) is 7.43. The van der Waals surface area contributed by atoms with Crippen molar-refractivity contribution in [3.8, 4) is 0 Å². The quantitative estimate of drug-likeness (QED) is 0.423. The van der Waals surface area contributed by atoms with Crippen LogP contribution in [0.2, 0.25) is 0 Å². The third-order valence-corrected chi connectivity index (χ3v) is 1.63. The third-order valence-electron chi connectivity index (χ3n) is 1.63. The van der Waals surface area contributed by atoms with E-state index < -0.39 is 11.7 Å². The highest BCUT2D eigenvalue weighted by Gasteiger charge is 2.31. The van der Waals surface area contributed by atoms with E-state index in [1.165, 1.54) is 6.07 Å². The molecule has 0 fully saturated rings. The van der Waals surface area contributed by atoms with Crippen molar-refractivity contribution >= 4 is 23.8 Å². The van der Waals surface area contributed by atoms with Crippen molar-refractivity contribution in [3.63, 3.8) is 0 Å². The molecule has 0 aliphatic carbocycles. The van der Waals surface area contributed by atoms with Gasteiger partial charge in [-0.1, -0.05) is 0 Å². The second-order valence-electron chi connectivity index (χ2n) is 2.90. The molecular weight excluding hydrogens is 221 g/mol. The Morgan fingerprint density at radius 1 is 1.31 bits per heavy atom. The second kappa shape index (κ2) is 4.65. The van der Waals surface area contributed by atoms with Crippen LogP contribution in [0.1, 0.15) is 5.56 Å². The van der Waals surface area contributed by atoms with Gasteiger partial charge in [-0.3, -0.25) is 5.43 Å². The molecule has 1 aromatic carbocycles. The smallest absolute Gasteiger partial charge is 0.399 e. The molecule has 0 radical (unpaired) electrons. The summed E-state index contributed by atoms with van der Waals surface area (Å²) in [5.41, 5.74) is 6.92. The Morgan fingerprint density at radius 3 is 2.56 bits per heavy atom. The summed E-state index contributed by atoms with van der Waals surface area (Å²) in [6.07, 6.45) is -2.46. The van der Waals surface area contributed by atoms with Crippen LogP contribution in [0.15, 0.2) is 23.3 Å². The predicted molar refractivity (Wildman–Crippen MR) is 56.8 cm³/mol. The van der Waals surface area contributed by atoms with Crippen LogP contribution in [0, 0.1) is 5.41 Å². The van der Waals surface area contributed by atoms with Crippen LogP contribution in [-0.4, -0.2) is 12.4 Å². The van der Waals surface area contributed by atoms with Gasteiger partial charge in [-0.05, 0) is 18.2 Å². The van der Waals surface area contributed by atoms with Crippen LogP contribution in [0.5, 0.6) is 0 Å². The van der Waals surface area contributed by atoms with Crippen LogP contribution >= 0.6 is 0 Å². The lowest BCUT2D eigenvalue weighted by Gasteiger charge is -2.09. The first-order valence-electron chi connectivity index (χ1n) is 4.19. The number of rotatable bonds is 3. The molecule has 0 aliphatic rings. The van der Waals surface area contributed by atoms with Crippen LogP contribution in [0.4, 0.5) is 24.5 Å². The molecule has 0 unspecified atom stereocenters. The molecule has 0 saturated carbocycles. The van der Waals surface area contributed by atoms with Gasteiger partial charge in [0.15, 0.2) is 0 Å². The van der Waals surface area contributed by atoms with Gasteiger partial charge in [-0.2, -0.15) is 18.3 Å². The number of halogens is 3. The van der Waals surface area contributed by atoms with Gasteiger partial charge in [0.1, 0.15) is 0 Å². The molecule has 4 N–H and O–H groups in total. The molecule has 0 amide bonds. The van der Waals surface area contributed by atoms with Crippen molar-refractivity contribution in [2.75, 3.05) is 11.2 Å². The average Bonchev–Trinajstić information content (AvgIpc) is 2.16. The van der Waals surface area contributed by atoms with Gasteiger partial charge in [0.25, 0.3) is 0 Å². The Hall–Kier alpha value is -2.05. The lowest BCUT2D eigenvalue weighted by molar-refractivity contribution is -0.137. The van der Waals surface area contributed by atoms with Crippen LogP contribution in [-0.2, 0) is 6.18 Å². The fraction of sp³-hybridized carbons (Fsp3) is 0.111. The van der Waals surface area contributed by atoms with Gasteiger partial charge in [0.2, 0.25) is 0 Å². The van der Waals surface area contributed by atoms with Gasteiger partial charge in [0.05, 0.1) is 17.5 Å². The van der Waals surface area contributed by atoms with E-state index in [2.05, 4.69) is 10.5 Å². The lowest BCUT2D eigenvalue weighted by Crippen LogP contribution is -2.06. The Balaban J connectivity index is 2.99. The first-order valence-corrected chi connectivity index (χ1v) is 4.19. The normalized spacial score (nSPS) is 11.7. The number of nitrogen functional groups attached to an aromatic ring is 1. The van der Waals surface area contributed by atoms with Crippen molar-refractivity contribution in [1.82, 2.24) is 0 Å². The highest BCUT2D eigenvalue weighted by Crippen LogP contribution is 2.32. The minimum Gasteiger partial charge on any atom is -0.399 e. The standard InChI is InChI=1S/C9H9F3N4/c10-9(11,12)6-3-7(14)5-8(4-6)16-15-2-1-13/h1-5,13,16H,14H2/b13-1?,15-2-. The number of nitrogens with one attached hydrogen (secondary N) is 2. The summed E-state index contributed by atoms with van der Waals surface area (Å²) in [6.45, 7) is 0. The zero-order valence-electron chi connectivity index (χ0n) is 8.05. The topological polar surface area (TPSA) is 74.3 Å². The summed E-state index contributed by atoms with van der Waals surface area (Å²) >= 11 is 0. The van der Waals surface area contributed by atoms with Crippen molar-refractivity contribution < 1.29 is 13.2 Å². The van der Waals surface area contributed by atoms with Crippen LogP contribution in [0.3, 0.4) is 0 Å². The molecule has 0 bridgehead atoms. The zero-order chi connectivity index (χ0) is 12.2. The SMILES string of the molecule is N=C/C=N\Nc1cc(N)cc(C(F)(F)F)c1. The molecule has 4 nitrogen and oxygen atoms in total. The summed E-state index contributed by atoms with van der Waals surface area (Å²) in [4.78, 5) is 0. The van der Waals surface area contributed by atoms with E-state index in [0.29, 0.717) is 0 Å². The van der Waals surface area contributed by atoms with Gasteiger partial charge < -0.3 is 11.1 Å². The average molecular weight is 230 g/mol. The van der Waals surface area contributed by atoms with Gasteiger partial charge in [0, 0.05) is 11.9 Å². The molecule has 86 valence electrons. The molecule has 7 heteroatoms. The van der Waals surface area contributed by atoms with Crippen molar-refractivity contribution in [2.45, 2.75) is 6.18 Å². The number of hydrogen-bond donors (Lipinski definition) is 3. The maximum atomic E-state index is 12.4. The fourth-order valence-electron chi connectivity index (χ4n) is 1.03. The summed E-state index contributed by atoms with van der Waals surface area (Å²) in [5.74, 6) is 0. The number of alkyl halides is 3. The fourth-order valence-corrected chi connectivity index (χ4v) is 1.03. The zero-order valence-corrected chi connectivity index (χ0v) is 8.05. The minimum atomic E-state index is -4.45. The van der Waals surface area contributed by atoms with E-state index in [-0.39, 0.29) is 11.4 Å². The van der Waals surface area contributed by atoms with Gasteiger partial charge in [-0.25, -0.2) is 0 Å². The van der Waals surface area contributed by atoms with E-state index in [1.54, 1.807) is 0 Å². The largest absolute Gasteiger partial charge is 0.416 e. The number of hydrogen-bond acceptors (Lipinski definition) is 4. The summed E-state index contributed by atoms with van der Waals surface area (Å²) < 4.78 is 37.1. The molecule has 1 aromatic rings. The van der Waals surface area contributed by atoms with E-state index in [1.807, 2.05) is 0 Å². The van der Waals surface area contributed by atoms with Crippen LogP contribution < -0.4 is 11.2 Å². The van der Waals surface area contributed by atoms with Gasteiger partial charge in [-0.15, -0.1) is 0 Å². The number of nitrogens with two attached hydrogens (primary N) is 1. The molecule has 0 heterocycles. The molecule has 0 saturated heterocycles. The maximum absolute atomic E-state index is 12.4. The van der Waals surface area contributed by atoms with Crippen molar-refractivity contribution in [3.05, 3.63) is 23.8 Å². The van der Waals surface area contributed by atoms with Crippen molar-refractivity contribution in [1.29, 1.82) is 5.41 Å². The molecule has 0 spiro atoms. The summed E-state index contributed by atoms with van der Waals surface area (Å²) in [7, 11) is 0. The monoisotopic (exact) mass is 230 g/mol. The lowest BCUT2D eigenvalue weighted by atomic mass is 10.1.